The van der Waals surface area contributed by atoms with Crippen LogP contribution < -0.4 is 31.1 Å². The second kappa shape index (κ2) is 10.7. The van der Waals surface area contributed by atoms with Crippen molar-refractivity contribution in [3.8, 4) is 22.3 Å². The fraction of sp³-hybridized carbons (Fsp3) is 0.143. The fourth-order valence-electron chi connectivity index (χ4n) is 7.72. The van der Waals surface area contributed by atoms with Crippen LogP contribution in [0.3, 0.4) is 0 Å². The first kappa shape index (κ1) is 28.5. The molecule has 0 N–H and O–H groups in total. The van der Waals surface area contributed by atoms with Crippen molar-refractivity contribution in [1.29, 1.82) is 0 Å². The van der Waals surface area contributed by atoms with E-state index in [9.17, 15) is 0 Å². The Bertz CT molecular complexity index is 1870. The van der Waals surface area contributed by atoms with Gasteiger partial charge in [0.1, 0.15) is 8.07 Å². The molecular formula is C42H40Si2. The molecule has 0 nitrogen and oxygen atoms in total. The van der Waals surface area contributed by atoms with Gasteiger partial charge in [-0.3, -0.25) is 0 Å². The molecule has 6 aromatic rings. The molecule has 8 rings (SSSR count). The normalized spacial score (nSPS) is 14.5. The monoisotopic (exact) mass is 600 g/mol. The Labute approximate surface area is 265 Å². The molecule has 2 heterocycles. The quantitative estimate of drug-likeness (QED) is 0.192. The lowest BCUT2D eigenvalue weighted by atomic mass is 10.0. The molecule has 0 aromatic heterocycles. The Hall–Kier alpha value is -4.25. The summed E-state index contributed by atoms with van der Waals surface area (Å²) in [6.07, 6.45) is 0. The lowest BCUT2D eigenvalue weighted by Crippen LogP contribution is -2.72. The minimum Gasteiger partial charge on any atom is -0.0623 e. The highest BCUT2D eigenvalue weighted by atomic mass is 28.3. The van der Waals surface area contributed by atoms with Gasteiger partial charge in [0.25, 0.3) is 0 Å². The highest BCUT2D eigenvalue weighted by molar-refractivity contribution is 7.22. The number of rotatable bonds is 2. The molecule has 2 heteroatoms. The smallest absolute Gasteiger partial charge is 0.0623 e. The topological polar surface area (TPSA) is 0 Å². The maximum Gasteiger partial charge on any atom is 0.180 e. The zero-order valence-electron chi connectivity index (χ0n) is 26.7. The average molecular weight is 601 g/mol. The van der Waals surface area contributed by atoms with Crippen LogP contribution in [0, 0.1) is 27.7 Å². The van der Waals surface area contributed by atoms with E-state index in [4.69, 9.17) is 0 Å². The van der Waals surface area contributed by atoms with E-state index in [1.165, 1.54) is 65.3 Å². The van der Waals surface area contributed by atoms with Crippen molar-refractivity contribution in [2.45, 2.75) is 40.8 Å². The molecule has 0 radical (unpaired) electrons. The van der Waals surface area contributed by atoms with E-state index in [2.05, 4.69) is 174 Å². The standard InChI is InChI=1S/C26H22Si.C16H18Si/c1-19-13-15-25-23(17-19)24-18-20(2)14-16-26(24)27(25,21-9-5-3-6-10-21)22-11-7-4-8-12-22;1-11-5-7-15-13(9-11)14-10-12(2)6-8-16(14)17(15,3)4/h3-18H,1-2H3;5-10H,1-4H3. The molecule has 0 saturated carbocycles. The van der Waals surface area contributed by atoms with Crippen molar-refractivity contribution >= 4 is 47.3 Å². The van der Waals surface area contributed by atoms with Gasteiger partial charge in [-0.25, -0.2) is 0 Å². The SMILES string of the molecule is Cc1ccc2c(c1)-c1cc(C)ccc1[Si]2(C)C.Cc1ccc2c(c1)-c1cc(C)ccc1[Si]2(c1ccccc1)c1ccccc1. The zero-order chi connectivity index (χ0) is 30.6. The summed E-state index contributed by atoms with van der Waals surface area (Å²) in [4.78, 5) is 0. The fourth-order valence-corrected chi connectivity index (χ4v) is 15.9. The molecule has 216 valence electrons. The highest BCUT2D eigenvalue weighted by Gasteiger charge is 2.48. The Morgan fingerprint density at radius 1 is 0.341 bits per heavy atom. The molecule has 2 aliphatic rings. The van der Waals surface area contributed by atoms with Crippen molar-refractivity contribution in [1.82, 2.24) is 0 Å². The number of hydrogen-bond acceptors (Lipinski definition) is 0. The van der Waals surface area contributed by atoms with Crippen molar-refractivity contribution in [2.24, 2.45) is 0 Å². The van der Waals surface area contributed by atoms with Gasteiger partial charge in [-0.2, -0.15) is 0 Å². The van der Waals surface area contributed by atoms with E-state index in [0.29, 0.717) is 0 Å². The lowest BCUT2D eigenvalue weighted by Gasteiger charge is -2.31. The van der Waals surface area contributed by atoms with Gasteiger partial charge in [-0.15, -0.1) is 0 Å². The van der Waals surface area contributed by atoms with Crippen molar-refractivity contribution in [3.05, 3.63) is 156 Å². The van der Waals surface area contributed by atoms with Crippen LogP contribution in [-0.2, 0) is 0 Å². The minimum atomic E-state index is -2.27. The van der Waals surface area contributed by atoms with Crippen LogP contribution in [0.5, 0.6) is 0 Å². The van der Waals surface area contributed by atoms with Gasteiger partial charge in [0.05, 0.1) is 0 Å². The molecule has 0 fully saturated rings. The van der Waals surface area contributed by atoms with Crippen molar-refractivity contribution in [2.75, 3.05) is 0 Å². The molecule has 0 amide bonds. The summed E-state index contributed by atoms with van der Waals surface area (Å²) in [5.74, 6) is 0. The first-order valence-electron chi connectivity index (χ1n) is 15.8. The minimum absolute atomic E-state index is 1.33. The third kappa shape index (κ3) is 4.39. The maximum absolute atomic E-state index is 2.46. The van der Waals surface area contributed by atoms with E-state index in [1.807, 2.05) is 0 Å². The van der Waals surface area contributed by atoms with Gasteiger partial charge in [0.2, 0.25) is 0 Å². The van der Waals surface area contributed by atoms with Gasteiger partial charge in [-0.05, 0) is 81.1 Å². The van der Waals surface area contributed by atoms with Gasteiger partial charge in [0.15, 0.2) is 8.07 Å². The molecule has 0 spiro atoms. The van der Waals surface area contributed by atoms with E-state index < -0.39 is 16.1 Å². The molecule has 0 aliphatic carbocycles. The maximum atomic E-state index is 2.46. The lowest BCUT2D eigenvalue weighted by molar-refractivity contribution is 1.47. The van der Waals surface area contributed by atoms with Crippen LogP contribution in [-0.4, -0.2) is 16.1 Å². The molecular weight excluding hydrogens is 561 g/mol. The molecule has 2 aliphatic heterocycles. The first-order chi connectivity index (χ1) is 21.2. The molecule has 44 heavy (non-hydrogen) atoms. The van der Waals surface area contributed by atoms with Gasteiger partial charge >= 0.3 is 0 Å². The van der Waals surface area contributed by atoms with Crippen LogP contribution in [0.25, 0.3) is 22.3 Å². The van der Waals surface area contributed by atoms with Crippen LogP contribution in [0.4, 0.5) is 0 Å². The number of fused-ring (bicyclic) bond motifs is 6. The Balaban J connectivity index is 0.000000158. The molecule has 0 atom stereocenters. The number of hydrogen-bond donors (Lipinski definition) is 0. The third-order valence-electron chi connectivity index (χ3n) is 9.85. The summed E-state index contributed by atoms with van der Waals surface area (Å²) in [5.41, 5.74) is 11.2. The molecule has 0 unspecified atom stereocenters. The number of aryl methyl sites for hydroxylation is 4. The van der Waals surface area contributed by atoms with E-state index in [-0.39, 0.29) is 0 Å². The first-order valence-corrected chi connectivity index (χ1v) is 20.8. The molecule has 0 saturated heterocycles. The van der Waals surface area contributed by atoms with Crippen LogP contribution >= 0.6 is 0 Å². The van der Waals surface area contributed by atoms with E-state index >= 15 is 0 Å². The second-order valence-corrected chi connectivity index (χ2v) is 21.4. The van der Waals surface area contributed by atoms with E-state index in [0.717, 1.165) is 0 Å². The zero-order valence-corrected chi connectivity index (χ0v) is 28.7. The summed E-state index contributed by atoms with van der Waals surface area (Å²) in [6.45, 7) is 13.7. The Morgan fingerprint density at radius 3 is 0.977 bits per heavy atom. The summed E-state index contributed by atoms with van der Waals surface area (Å²) < 4.78 is 0. The summed E-state index contributed by atoms with van der Waals surface area (Å²) >= 11 is 0. The molecule has 6 aromatic carbocycles. The third-order valence-corrected chi connectivity index (χ3v) is 18.3. The van der Waals surface area contributed by atoms with Crippen LogP contribution in [0.2, 0.25) is 13.1 Å². The van der Waals surface area contributed by atoms with Crippen LogP contribution in [0.1, 0.15) is 22.3 Å². The van der Waals surface area contributed by atoms with Crippen molar-refractivity contribution in [3.63, 3.8) is 0 Å². The van der Waals surface area contributed by atoms with Gasteiger partial charge < -0.3 is 0 Å². The largest absolute Gasteiger partial charge is 0.180 e. The van der Waals surface area contributed by atoms with E-state index in [1.54, 1.807) is 10.4 Å². The molecule has 0 bridgehead atoms. The predicted molar refractivity (Wildman–Crippen MR) is 197 cm³/mol. The highest BCUT2D eigenvalue weighted by Crippen LogP contribution is 2.31. The van der Waals surface area contributed by atoms with Crippen molar-refractivity contribution < 1.29 is 0 Å². The van der Waals surface area contributed by atoms with Gasteiger partial charge in [0, 0.05) is 0 Å². The average Bonchev–Trinajstić information content (AvgIpc) is 3.43. The summed E-state index contributed by atoms with van der Waals surface area (Å²) in [7, 11) is -3.70. The predicted octanol–water partition coefficient (Wildman–Crippen LogP) is 6.77. The van der Waals surface area contributed by atoms with Crippen LogP contribution in [0.15, 0.2) is 133 Å². The second-order valence-electron chi connectivity index (χ2n) is 13.3. The Kier molecular flexibility index (Phi) is 6.95. The Morgan fingerprint density at radius 2 is 0.636 bits per heavy atom. The number of benzene rings is 6. The summed E-state index contributed by atoms with van der Waals surface area (Å²) in [6, 6.07) is 50.4. The van der Waals surface area contributed by atoms with Gasteiger partial charge in [-0.1, -0.05) is 169 Å². The summed E-state index contributed by atoms with van der Waals surface area (Å²) in [5, 5.41) is 9.16.